The lowest BCUT2D eigenvalue weighted by atomic mass is 10.00. The van der Waals surface area contributed by atoms with Crippen molar-refractivity contribution >= 4 is 62.2 Å². The van der Waals surface area contributed by atoms with Crippen molar-refractivity contribution < 1.29 is 15.0 Å². The van der Waals surface area contributed by atoms with E-state index < -0.39 is 0 Å². The van der Waals surface area contributed by atoms with E-state index in [0.717, 1.165) is 32.3 Å². The number of phenols is 2. The van der Waals surface area contributed by atoms with E-state index in [1.807, 2.05) is 43.3 Å². The zero-order chi connectivity index (χ0) is 21.7. The number of hydrogen-bond donors (Lipinski definition) is 2. The lowest BCUT2D eigenvalue weighted by Gasteiger charge is -2.34. The van der Waals surface area contributed by atoms with Gasteiger partial charge in [0, 0.05) is 10.0 Å². The summed E-state index contributed by atoms with van der Waals surface area (Å²) in [5.74, 6) is 1.52. The molecule has 2 atom stereocenters. The first-order valence-corrected chi connectivity index (χ1v) is 14.5. The van der Waals surface area contributed by atoms with Crippen molar-refractivity contribution in [2.24, 2.45) is 0 Å². The van der Waals surface area contributed by atoms with Gasteiger partial charge in [-0.25, -0.2) is 0 Å². The molecule has 4 rings (SSSR count). The summed E-state index contributed by atoms with van der Waals surface area (Å²) in [6.45, 7) is 1.96. The van der Waals surface area contributed by atoms with Crippen molar-refractivity contribution in [1.29, 1.82) is 1.43 Å². The van der Waals surface area contributed by atoms with Crippen molar-refractivity contribution in [3.05, 3.63) is 82.4 Å². The second-order valence-corrected chi connectivity index (χ2v) is 12.0. The van der Waals surface area contributed by atoms with Crippen LogP contribution >= 0.6 is 50.4 Å². The van der Waals surface area contributed by atoms with Crippen molar-refractivity contribution in [3.8, 4) is 17.2 Å². The maximum atomic E-state index is 9.63. The highest BCUT2D eigenvalue weighted by Gasteiger charge is 2.33. The third-order valence-electron chi connectivity index (χ3n) is 4.44. The van der Waals surface area contributed by atoms with Gasteiger partial charge in [0.15, 0.2) is 0 Å². The van der Waals surface area contributed by atoms with Crippen LogP contribution in [0, 0.1) is 6.92 Å². The number of benzene rings is 3. The van der Waals surface area contributed by atoms with Gasteiger partial charge < -0.3 is 15.0 Å². The molecular formula is C21H17ClIO3PS2. The van der Waals surface area contributed by atoms with Crippen LogP contribution in [-0.2, 0) is 11.8 Å². The van der Waals surface area contributed by atoms with Gasteiger partial charge in [0.05, 0.1) is 10.1 Å². The SMILES string of the molecule is S=PI.[3H]Oc1ccc([C@@H]2Sc3cc(Cl)c(C)cc3O[C@@H]2c2ccc(O)cc2)cc1. The van der Waals surface area contributed by atoms with Gasteiger partial charge in [0.1, 0.15) is 23.4 Å². The molecule has 3 aromatic rings. The van der Waals surface area contributed by atoms with Gasteiger partial charge in [-0.15, -0.1) is 11.8 Å². The lowest BCUT2D eigenvalue weighted by molar-refractivity contribution is 0.190. The molecule has 0 unspecified atom stereocenters. The van der Waals surface area contributed by atoms with Crippen LogP contribution in [0.3, 0.4) is 0 Å². The first kappa shape index (κ1) is 21.2. The van der Waals surface area contributed by atoms with E-state index in [1.54, 1.807) is 36.0 Å². The fourth-order valence-corrected chi connectivity index (χ4v) is 4.57. The molecule has 0 spiro atoms. The average Bonchev–Trinajstić information content (AvgIpc) is 2.75. The van der Waals surface area contributed by atoms with Crippen molar-refractivity contribution in [3.63, 3.8) is 0 Å². The number of phenolic OH excluding ortho intramolecular Hbond substituents is 2. The normalized spacial score (nSPS) is 18.0. The summed E-state index contributed by atoms with van der Waals surface area (Å²) >= 11 is 14.4. The minimum atomic E-state index is -0.230. The number of aryl methyl sites for hydroxylation is 1. The van der Waals surface area contributed by atoms with E-state index in [1.165, 1.54) is 0 Å². The van der Waals surface area contributed by atoms with E-state index in [-0.39, 0.29) is 17.1 Å². The summed E-state index contributed by atoms with van der Waals surface area (Å²) in [5.41, 5.74) is 3.00. The van der Waals surface area contributed by atoms with E-state index in [0.29, 0.717) is 10.8 Å². The Bertz CT molecular complexity index is 1020. The molecule has 3 aromatic carbocycles. The predicted octanol–water partition coefficient (Wildman–Crippen LogP) is 7.77. The molecule has 0 aliphatic carbocycles. The molecule has 1 aliphatic rings. The second-order valence-electron chi connectivity index (χ2n) is 6.35. The smallest absolute Gasteiger partial charge is 0.293 e. The maximum absolute atomic E-state index is 9.63. The monoisotopic (exact) mass is 576 g/mol. The van der Waals surface area contributed by atoms with E-state index in [9.17, 15) is 5.11 Å². The Labute approximate surface area is 200 Å². The van der Waals surface area contributed by atoms with Crippen LogP contribution in [0.1, 0.15) is 28.0 Å². The predicted molar refractivity (Wildman–Crippen MR) is 133 cm³/mol. The van der Waals surface area contributed by atoms with Gasteiger partial charge in [-0.3, -0.25) is 0 Å². The molecule has 0 amide bonds. The molecule has 8 heteroatoms. The fourth-order valence-electron chi connectivity index (χ4n) is 3.03. The van der Waals surface area contributed by atoms with Crippen LogP contribution in [-0.4, -0.2) is 11.6 Å². The van der Waals surface area contributed by atoms with Crippen LogP contribution < -0.4 is 4.74 Å². The van der Waals surface area contributed by atoms with Gasteiger partial charge in [0.2, 0.25) is 0 Å². The van der Waals surface area contributed by atoms with Crippen molar-refractivity contribution in [1.82, 2.24) is 0 Å². The Morgan fingerprint density at radius 2 is 1.69 bits per heavy atom. The van der Waals surface area contributed by atoms with Crippen molar-refractivity contribution in [2.45, 2.75) is 23.2 Å². The van der Waals surface area contributed by atoms with Crippen molar-refractivity contribution in [2.75, 3.05) is 0 Å². The molecule has 1 aliphatic heterocycles. The Balaban J connectivity index is 0.000000806. The largest absolute Gasteiger partial charge is 0.508 e. The van der Waals surface area contributed by atoms with E-state index in [2.05, 4.69) is 39.0 Å². The molecule has 29 heavy (non-hydrogen) atoms. The number of halogens is 2. The van der Waals surface area contributed by atoms with Gasteiger partial charge in [-0.05, 0) is 93.9 Å². The van der Waals surface area contributed by atoms with Gasteiger partial charge >= 0.3 is 0 Å². The van der Waals surface area contributed by atoms with Gasteiger partial charge in [-0.2, -0.15) is 0 Å². The lowest BCUT2D eigenvalue weighted by Crippen LogP contribution is -2.19. The zero-order valence-corrected chi connectivity index (χ0v) is 20.7. The van der Waals surface area contributed by atoms with Crippen LogP contribution in [0.15, 0.2) is 65.6 Å². The molecule has 2 N–H and O–H groups in total. The zero-order valence-electron chi connectivity index (χ0n) is 16.2. The van der Waals surface area contributed by atoms with Crippen LogP contribution in [0.5, 0.6) is 17.2 Å². The molecule has 3 nitrogen and oxygen atoms in total. The molecule has 0 fully saturated rings. The van der Waals surface area contributed by atoms with Crippen LogP contribution in [0.2, 0.25) is 5.02 Å². The van der Waals surface area contributed by atoms with Crippen LogP contribution in [0.25, 0.3) is 0 Å². The summed E-state index contributed by atoms with van der Waals surface area (Å²) in [6.07, 6.45) is -0.230. The van der Waals surface area contributed by atoms with Gasteiger partial charge in [0.25, 0.3) is 1.43 Å². The molecule has 0 saturated heterocycles. The molecule has 0 bridgehead atoms. The molecule has 0 radical (unpaired) electrons. The second kappa shape index (κ2) is 10.3. The number of hydrogen-bond acceptors (Lipinski definition) is 5. The van der Waals surface area contributed by atoms with Crippen LogP contribution in [0.4, 0.5) is 0 Å². The summed E-state index contributed by atoms with van der Waals surface area (Å²) < 4.78 is 13.4. The van der Waals surface area contributed by atoms with E-state index in [4.69, 9.17) is 17.8 Å². The quantitative estimate of drug-likeness (QED) is 0.246. The maximum Gasteiger partial charge on any atom is 0.293 e. The van der Waals surface area contributed by atoms with E-state index >= 15 is 0 Å². The highest BCUT2D eigenvalue weighted by molar-refractivity contribution is 14.2. The standard InChI is InChI=1S/C21H17ClO3S.IPS/c1-12-10-18-19(11-17(12)22)26-21(14-4-8-16(24)9-5-14)20(25-18)13-2-6-15(23)7-3-13;1-2-3/h2-11,20-21,23-24H,1H3;/t20-,21+;/m1./s1/i/hT. The molecule has 0 aromatic heterocycles. The highest BCUT2D eigenvalue weighted by Crippen LogP contribution is 2.54. The summed E-state index contributed by atoms with van der Waals surface area (Å²) in [6, 6.07) is 18.4. The number of ether oxygens (including phenoxy) is 1. The number of aromatic hydroxyl groups is 2. The first-order valence-electron chi connectivity index (χ1n) is 8.96. The molecule has 1 heterocycles. The average molecular weight is 577 g/mol. The Morgan fingerprint density at radius 3 is 2.31 bits per heavy atom. The Morgan fingerprint density at radius 1 is 1.10 bits per heavy atom. The molecular weight excluding hydrogens is 558 g/mol. The molecule has 0 saturated carbocycles. The summed E-state index contributed by atoms with van der Waals surface area (Å²) in [7, 11) is 0. The fraction of sp³-hybridized carbons (Fsp3) is 0.143. The Hall–Kier alpha value is -1.05. The first-order chi connectivity index (χ1) is 14.5. The summed E-state index contributed by atoms with van der Waals surface area (Å²) in [4.78, 5) is 1.96. The number of rotatable bonds is 3. The van der Waals surface area contributed by atoms with Gasteiger partial charge in [-0.1, -0.05) is 35.9 Å². The number of thioether (sulfide) groups is 1. The third kappa shape index (κ3) is 5.56. The molecule has 150 valence electrons. The topological polar surface area (TPSA) is 49.7 Å². The summed E-state index contributed by atoms with van der Waals surface area (Å²) in [5, 5.41) is 14.9. The third-order valence-corrected chi connectivity index (χ3v) is 6.19. The number of fused-ring (bicyclic) bond motifs is 1. The Kier molecular flexibility index (Phi) is 7.54. The minimum absolute atomic E-state index is 0.0133. The minimum Gasteiger partial charge on any atom is -0.508 e. The highest BCUT2D eigenvalue weighted by atomic mass is 127.